The highest BCUT2D eigenvalue weighted by Crippen LogP contribution is 2.33. The number of phenolic OH excluding ortho intramolecular Hbond substituents is 1. The van der Waals surface area contributed by atoms with Crippen LogP contribution in [-0.2, 0) is 4.79 Å². The third kappa shape index (κ3) is 3.02. The van der Waals surface area contributed by atoms with Crippen molar-refractivity contribution in [1.82, 2.24) is 15.5 Å². The normalized spacial score (nSPS) is 20.7. The molecule has 0 aromatic heterocycles. The van der Waals surface area contributed by atoms with Crippen molar-refractivity contribution in [1.29, 1.82) is 0 Å². The molecule has 2 aliphatic rings. The Kier molecular flexibility index (Phi) is 3.98. The lowest BCUT2D eigenvalue weighted by molar-refractivity contribution is -0.125. The van der Waals surface area contributed by atoms with Crippen LogP contribution in [0.5, 0.6) is 5.75 Å². The molecule has 0 unspecified atom stereocenters. The molecule has 1 aromatic carbocycles. The molecule has 3 amide bonds. The molecule has 0 fully saturated rings. The minimum atomic E-state index is -0.476. The zero-order valence-corrected chi connectivity index (χ0v) is 13.3. The van der Waals surface area contributed by atoms with Crippen molar-refractivity contribution >= 4 is 11.9 Å². The molecule has 2 heterocycles. The number of nitrogens with one attached hydrogen (secondary N) is 2. The molecule has 0 aliphatic carbocycles. The van der Waals surface area contributed by atoms with Crippen molar-refractivity contribution in [2.24, 2.45) is 5.92 Å². The van der Waals surface area contributed by atoms with E-state index in [0.29, 0.717) is 30.3 Å². The van der Waals surface area contributed by atoms with Gasteiger partial charge in [-0.25, -0.2) is 4.79 Å². The first kappa shape index (κ1) is 15.4. The molecule has 0 saturated carbocycles. The zero-order chi connectivity index (χ0) is 16.6. The number of rotatable bonds is 4. The second kappa shape index (κ2) is 5.95. The van der Waals surface area contributed by atoms with E-state index < -0.39 is 6.04 Å². The minimum absolute atomic E-state index is 0.0359. The number of aromatic hydroxyl groups is 1. The summed E-state index contributed by atoms with van der Waals surface area (Å²) in [5.74, 6) is 0.631. The summed E-state index contributed by atoms with van der Waals surface area (Å²) in [6, 6.07) is 5.77. The van der Waals surface area contributed by atoms with Gasteiger partial charge in [0.1, 0.15) is 5.75 Å². The number of amides is 3. The molecule has 3 N–H and O–H groups in total. The van der Waals surface area contributed by atoms with E-state index >= 15 is 0 Å². The topological polar surface area (TPSA) is 81.7 Å². The van der Waals surface area contributed by atoms with Gasteiger partial charge in [-0.2, -0.15) is 0 Å². The Bertz CT molecular complexity index is 664. The molecule has 0 radical (unpaired) electrons. The highest BCUT2D eigenvalue weighted by molar-refractivity contribution is 6.01. The zero-order valence-electron chi connectivity index (χ0n) is 13.3. The van der Waals surface area contributed by atoms with Crippen LogP contribution in [0.4, 0.5) is 4.79 Å². The molecule has 122 valence electrons. The summed E-state index contributed by atoms with van der Waals surface area (Å²) in [5.41, 5.74) is 2.06. The quantitative estimate of drug-likeness (QED) is 0.793. The third-order valence-electron chi connectivity index (χ3n) is 4.22. The van der Waals surface area contributed by atoms with Gasteiger partial charge in [-0.1, -0.05) is 26.0 Å². The van der Waals surface area contributed by atoms with Gasteiger partial charge in [0.25, 0.3) is 5.91 Å². The number of hydrogen-bond donors (Lipinski definition) is 3. The molecular weight excluding hydrogens is 294 g/mol. The SMILES string of the molecule is CC(C)CCN1CC2=C(C1=O)[C@@H](c1ccc(O)cc1)NC(=O)N2. The van der Waals surface area contributed by atoms with Gasteiger partial charge in [0.2, 0.25) is 0 Å². The number of nitrogens with zero attached hydrogens (tertiary/aromatic N) is 1. The third-order valence-corrected chi connectivity index (χ3v) is 4.22. The number of benzene rings is 1. The van der Waals surface area contributed by atoms with E-state index in [9.17, 15) is 14.7 Å². The van der Waals surface area contributed by atoms with Crippen LogP contribution in [0.1, 0.15) is 31.9 Å². The van der Waals surface area contributed by atoms with Crippen LogP contribution in [0.15, 0.2) is 35.5 Å². The van der Waals surface area contributed by atoms with Gasteiger partial charge in [0, 0.05) is 6.54 Å². The Morgan fingerprint density at radius 2 is 1.96 bits per heavy atom. The fourth-order valence-corrected chi connectivity index (χ4v) is 2.94. The summed E-state index contributed by atoms with van der Waals surface area (Å²) in [5, 5.41) is 15.0. The van der Waals surface area contributed by atoms with Gasteiger partial charge in [-0.3, -0.25) is 4.79 Å². The van der Waals surface area contributed by atoms with Gasteiger partial charge in [0.05, 0.1) is 23.9 Å². The molecule has 2 aliphatic heterocycles. The van der Waals surface area contributed by atoms with Gasteiger partial charge in [-0.15, -0.1) is 0 Å². The van der Waals surface area contributed by atoms with Gasteiger partial charge in [0.15, 0.2) is 0 Å². The lowest BCUT2D eigenvalue weighted by atomic mass is 9.96. The van der Waals surface area contributed by atoms with Crippen LogP contribution in [0.2, 0.25) is 0 Å². The fraction of sp³-hybridized carbons (Fsp3) is 0.412. The highest BCUT2D eigenvalue weighted by Gasteiger charge is 2.40. The number of phenols is 1. The van der Waals surface area contributed by atoms with E-state index in [1.807, 2.05) is 0 Å². The summed E-state index contributed by atoms with van der Waals surface area (Å²) in [6.45, 7) is 5.37. The fourth-order valence-electron chi connectivity index (χ4n) is 2.94. The summed E-state index contributed by atoms with van der Waals surface area (Å²) < 4.78 is 0. The monoisotopic (exact) mass is 315 g/mol. The smallest absolute Gasteiger partial charge is 0.319 e. The first-order chi connectivity index (χ1) is 11.0. The molecule has 1 atom stereocenters. The predicted molar refractivity (Wildman–Crippen MR) is 85.6 cm³/mol. The van der Waals surface area contributed by atoms with Crippen molar-refractivity contribution in [2.75, 3.05) is 13.1 Å². The van der Waals surface area contributed by atoms with Gasteiger partial charge < -0.3 is 20.6 Å². The van der Waals surface area contributed by atoms with Crippen molar-refractivity contribution in [3.63, 3.8) is 0 Å². The molecular formula is C17H21N3O3. The molecule has 0 saturated heterocycles. The number of carbonyl (C=O) groups is 2. The van der Waals surface area contributed by atoms with Crippen LogP contribution in [-0.4, -0.2) is 35.0 Å². The van der Waals surface area contributed by atoms with E-state index in [1.165, 1.54) is 0 Å². The maximum atomic E-state index is 12.7. The number of carbonyl (C=O) groups excluding carboxylic acids is 2. The second-order valence-corrected chi connectivity index (χ2v) is 6.42. The first-order valence-corrected chi connectivity index (χ1v) is 7.84. The average Bonchev–Trinajstić information content (AvgIpc) is 2.81. The Labute approximate surface area is 135 Å². The van der Waals surface area contributed by atoms with Crippen LogP contribution in [0.25, 0.3) is 0 Å². The van der Waals surface area contributed by atoms with E-state index in [1.54, 1.807) is 29.2 Å². The summed E-state index contributed by atoms with van der Waals surface area (Å²) >= 11 is 0. The van der Waals surface area contributed by atoms with Crippen LogP contribution in [0.3, 0.4) is 0 Å². The molecule has 3 rings (SSSR count). The predicted octanol–water partition coefficient (Wildman–Crippen LogP) is 1.89. The molecule has 6 nitrogen and oxygen atoms in total. The highest BCUT2D eigenvalue weighted by atomic mass is 16.3. The van der Waals surface area contributed by atoms with Crippen LogP contribution in [0, 0.1) is 5.92 Å². The van der Waals surface area contributed by atoms with Crippen molar-refractivity contribution < 1.29 is 14.7 Å². The van der Waals surface area contributed by atoms with Crippen molar-refractivity contribution in [3.8, 4) is 5.75 Å². The van der Waals surface area contributed by atoms with E-state index in [-0.39, 0.29) is 17.7 Å². The van der Waals surface area contributed by atoms with E-state index in [2.05, 4.69) is 24.5 Å². The summed E-state index contributed by atoms with van der Waals surface area (Å²) in [6.07, 6.45) is 0.928. The van der Waals surface area contributed by atoms with Gasteiger partial charge >= 0.3 is 6.03 Å². The maximum absolute atomic E-state index is 12.7. The standard InChI is InChI=1S/C17H21N3O3/c1-10(2)7-8-20-9-13-14(16(20)22)15(19-17(23)18-13)11-3-5-12(21)6-4-11/h3-6,10,15,21H,7-9H2,1-2H3,(H2,18,19,23)/t15-/m1/s1. The minimum Gasteiger partial charge on any atom is -0.508 e. The van der Waals surface area contributed by atoms with E-state index in [4.69, 9.17) is 0 Å². The second-order valence-electron chi connectivity index (χ2n) is 6.42. The lowest BCUT2D eigenvalue weighted by Gasteiger charge is -2.25. The first-order valence-electron chi connectivity index (χ1n) is 7.84. The molecule has 23 heavy (non-hydrogen) atoms. The molecule has 0 bridgehead atoms. The molecule has 1 aromatic rings. The lowest BCUT2D eigenvalue weighted by Crippen LogP contribution is -2.44. The van der Waals surface area contributed by atoms with E-state index in [0.717, 1.165) is 12.0 Å². The van der Waals surface area contributed by atoms with Crippen molar-refractivity contribution in [2.45, 2.75) is 26.3 Å². The molecule has 6 heteroatoms. The average molecular weight is 315 g/mol. The summed E-state index contributed by atoms with van der Waals surface area (Å²) in [4.78, 5) is 26.4. The Balaban J connectivity index is 1.87. The Hall–Kier alpha value is -2.50. The summed E-state index contributed by atoms with van der Waals surface area (Å²) in [7, 11) is 0. The Morgan fingerprint density at radius 3 is 2.61 bits per heavy atom. The maximum Gasteiger partial charge on any atom is 0.319 e. The molecule has 0 spiro atoms. The number of hydrogen-bond acceptors (Lipinski definition) is 3. The van der Waals surface area contributed by atoms with Crippen molar-refractivity contribution in [3.05, 3.63) is 41.1 Å². The number of urea groups is 1. The van der Waals surface area contributed by atoms with Gasteiger partial charge in [-0.05, 0) is 30.0 Å². The largest absolute Gasteiger partial charge is 0.508 e. The van der Waals surface area contributed by atoms with Crippen LogP contribution >= 0.6 is 0 Å². The van der Waals surface area contributed by atoms with Crippen LogP contribution < -0.4 is 10.6 Å². The Morgan fingerprint density at radius 1 is 1.26 bits per heavy atom.